The Kier molecular flexibility index (Phi) is 8.30. The molecule has 0 saturated carbocycles. The molecule has 4 heteroatoms. The number of carbonyl (C=O) groups excluding carboxylic acids is 1. The molecule has 0 radical (unpaired) electrons. The van der Waals surface area contributed by atoms with Crippen LogP contribution in [-0.4, -0.2) is 24.4 Å². The van der Waals surface area contributed by atoms with Crippen molar-refractivity contribution >= 4 is 21.8 Å². The summed E-state index contributed by atoms with van der Waals surface area (Å²) in [4.78, 5) is 11.5. The van der Waals surface area contributed by atoms with Crippen LogP contribution in [0.3, 0.4) is 0 Å². The van der Waals surface area contributed by atoms with Crippen molar-refractivity contribution in [1.29, 1.82) is 0 Å². The first-order valence-electron chi connectivity index (χ1n) is 6.33. The van der Waals surface area contributed by atoms with Crippen molar-refractivity contribution in [3.05, 3.63) is 30.3 Å². The molecule has 0 heterocycles. The largest absolute Gasteiger partial charge is 0.484 e. The molecule has 0 fully saturated rings. The minimum Gasteiger partial charge on any atom is -0.484 e. The van der Waals surface area contributed by atoms with Gasteiger partial charge in [-0.3, -0.25) is 4.79 Å². The van der Waals surface area contributed by atoms with Gasteiger partial charge < -0.3 is 10.1 Å². The second-order valence-corrected chi connectivity index (χ2v) is 4.85. The van der Waals surface area contributed by atoms with Crippen molar-refractivity contribution in [3.63, 3.8) is 0 Å². The zero-order chi connectivity index (χ0) is 13.1. The van der Waals surface area contributed by atoms with Gasteiger partial charge in [0.2, 0.25) is 0 Å². The van der Waals surface area contributed by atoms with Gasteiger partial charge in [-0.15, -0.1) is 0 Å². The second kappa shape index (κ2) is 9.95. The molecule has 3 nitrogen and oxygen atoms in total. The first-order valence-corrected chi connectivity index (χ1v) is 7.45. The van der Waals surface area contributed by atoms with Gasteiger partial charge >= 0.3 is 0 Å². The number of unbranched alkanes of at least 4 members (excludes halogenated alkanes) is 3. The van der Waals surface area contributed by atoms with E-state index in [1.165, 1.54) is 12.8 Å². The molecular formula is C14H20BrNO2. The third kappa shape index (κ3) is 7.33. The fourth-order valence-electron chi connectivity index (χ4n) is 1.52. The van der Waals surface area contributed by atoms with Gasteiger partial charge in [-0.25, -0.2) is 0 Å². The van der Waals surface area contributed by atoms with Crippen LogP contribution in [0.2, 0.25) is 0 Å². The van der Waals surface area contributed by atoms with Crippen molar-refractivity contribution in [2.75, 3.05) is 18.5 Å². The van der Waals surface area contributed by atoms with Crippen molar-refractivity contribution < 1.29 is 9.53 Å². The predicted octanol–water partition coefficient (Wildman–Crippen LogP) is 3.14. The molecule has 0 unspecified atom stereocenters. The van der Waals surface area contributed by atoms with Crippen LogP contribution in [0.25, 0.3) is 0 Å². The van der Waals surface area contributed by atoms with E-state index in [1.807, 2.05) is 30.3 Å². The lowest BCUT2D eigenvalue weighted by Crippen LogP contribution is -2.29. The van der Waals surface area contributed by atoms with Gasteiger partial charge in [0.25, 0.3) is 5.91 Å². The fourth-order valence-corrected chi connectivity index (χ4v) is 1.91. The number of amides is 1. The summed E-state index contributed by atoms with van der Waals surface area (Å²) in [5.41, 5.74) is 0. The zero-order valence-electron chi connectivity index (χ0n) is 10.5. The van der Waals surface area contributed by atoms with Crippen LogP contribution in [-0.2, 0) is 4.79 Å². The van der Waals surface area contributed by atoms with Crippen molar-refractivity contribution in [2.24, 2.45) is 0 Å². The Labute approximate surface area is 117 Å². The summed E-state index contributed by atoms with van der Waals surface area (Å²) >= 11 is 3.40. The molecule has 0 spiro atoms. The lowest BCUT2D eigenvalue weighted by atomic mass is 10.2. The Morgan fingerprint density at radius 2 is 1.83 bits per heavy atom. The van der Waals surface area contributed by atoms with E-state index < -0.39 is 0 Å². The Morgan fingerprint density at radius 1 is 1.11 bits per heavy atom. The molecule has 0 aliphatic heterocycles. The minimum atomic E-state index is -0.0562. The number of alkyl halides is 1. The van der Waals surface area contributed by atoms with Crippen molar-refractivity contribution in [3.8, 4) is 5.75 Å². The first kappa shape index (κ1) is 15.0. The summed E-state index contributed by atoms with van der Waals surface area (Å²) in [7, 11) is 0. The van der Waals surface area contributed by atoms with E-state index >= 15 is 0 Å². The molecule has 18 heavy (non-hydrogen) atoms. The zero-order valence-corrected chi connectivity index (χ0v) is 12.1. The molecule has 1 aromatic carbocycles. The third-order valence-electron chi connectivity index (χ3n) is 2.50. The quantitative estimate of drug-likeness (QED) is 0.562. The maximum Gasteiger partial charge on any atom is 0.257 e. The van der Waals surface area contributed by atoms with Crippen LogP contribution >= 0.6 is 15.9 Å². The molecule has 0 aromatic heterocycles. The predicted molar refractivity (Wildman–Crippen MR) is 77.2 cm³/mol. The molecule has 1 amide bonds. The van der Waals surface area contributed by atoms with Gasteiger partial charge in [0, 0.05) is 11.9 Å². The fraction of sp³-hybridized carbons (Fsp3) is 0.500. The van der Waals surface area contributed by atoms with E-state index in [9.17, 15) is 4.79 Å². The summed E-state index contributed by atoms with van der Waals surface area (Å²) in [5.74, 6) is 0.671. The molecule has 0 saturated heterocycles. The summed E-state index contributed by atoms with van der Waals surface area (Å²) in [6, 6.07) is 9.37. The van der Waals surface area contributed by atoms with E-state index in [0.717, 1.165) is 30.5 Å². The number of halogens is 1. The number of hydrogen-bond acceptors (Lipinski definition) is 2. The smallest absolute Gasteiger partial charge is 0.257 e. The van der Waals surface area contributed by atoms with E-state index in [4.69, 9.17) is 4.74 Å². The molecule has 0 bridgehead atoms. The highest BCUT2D eigenvalue weighted by Crippen LogP contribution is 2.07. The summed E-state index contributed by atoms with van der Waals surface area (Å²) in [5, 5.41) is 3.91. The molecule has 0 aliphatic rings. The third-order valence-corrected chi connectivity index (χ3v) is 3.06. The van der Waals surface area contributed by atoms with E-state index in [2.05, 4.69) is 21.2 Å². The number of carbonyl (C=O) groups is 1. The average molecular weight is 314 g/mol. The SMILES string of the molecule is O=C(COc1ccccc1)NCCCCCCBr. The topological polar surface area (TPSA) is 38.3 Å². The van der Waals surface area contributed by atoms with Gasteiger partial charge in [-0.1, -0.05) is 47.0 Å². The van der Waals surface area contributed by atoms with E-state index in [0.29, 0.717) is 0 Å². The minimum absolute atomic E-state index is 0.0562. The number of para-hydroxylation sites is 1. The van der Waals surface area contributed by atoms with Gasteiger partial charge in [0.1, 0.15) is 5.75 Å². The Hall–Kier alpha value is -1.03. The van der Waals surface area contributed by atoms with Crippen LogP contribution < -0.4 is 10.1 Å². The standard InChI is InChI=1S/C14H20BrNO2/c15-10-6-1-2-7-11-16-14(17)12-18-13-8-4-3-5-9-13/h3-5,8-9H,1-2,6-7,10-12H2,(H,16,17). The monoisotopic (exact) mass is 313 g/mol. The van der Waals surface area contributed by atoms with E-state index in [-0.39, 0.29) is 12.5 Å². The van der Waals surface area contributed by atoms with Crippen molar-refractivity contribution in [1.82, 2.24) is 5.32 Å². The molecule has 1 aromatic rings. The highest BCUT2D eigenvalue weighted by atomic mass is 79.9. The van der Waals surface area contributed by atoms with E-state index in [1.54, 1.807) is 0 Å². The van der Waals surface area contributed by atoms with Crippen LogP contribution in [0.5, 0.6) is 5.75 Å². The van der Waals surface area contributed by atoms with Gasteiger partial charge in [-0.05, 0) is 25.0 Å². The molecule has 100 valence electrons. The van der Waals surface area contributed by atoms with Gasteiger partial charge in [0.05, 0.1) is 0 Å². The molecular weight excluding hydrogens is 294 g/mol. The van der Waals surface area contributed by atoms with Gasteiger partial charge in [-0.2, -0.15) is 0 Å². The summed E-state index contributed by atoms with van der Waals surface area (Å²) in [6.07, 6.45) is 4.60. The second-order valence-electron chi connectivity index (χ2n) is 4.05. The lowest BCUT2D eigenvalue weighted by Gasteiger charge is -2.07. The van der Waals surface area contributed by atoms with Crippen LogP contribution in [0.1, 0.15) is 25.7 Å². The van der Waals surface area contributed by atoms with Crippen LogP contribution in [0, 0.1) is 0 Å². The molecule has 1 rings (SSSR count). The van der Waals surface area contributed by atoms with Crippen LogP contribution in [0.4, 0.5) is 0 Å². The number of rotatable bonds is 9. The summed E-state index contributed by atoms with van der Waals surface area (Å²) in [6.45, 7) is 0.824. The maximum atomic E-state index is 11.5. The summed E-state index contributed by atoms with van der Waals surface area (Å²) < 4.78 is 5.35. The number of hydrogen-bond donors (Lipinski definition) is 1. The van der Waals surface area contributed by atoms with Crippen LogP contribution in [0.15, 0.2) is 30.3 Å². The lowest BCUT2D eigenvalue weighted by molar-refractivity contribution is -0.123. The number of benzene rings is 1. The molecule has 1 N–H and O–H groups in total. The maximum absolute atomic E-state index is 11.5. The Bertz CT molecular complexity index is 330. The van der Waals surface area contributed by atoms with Crippen molar-refractivity contribution in [2.45, 2.75) is 25.7 Å². The Balaban J connectivity index is 2.01. The number of ether oxygens (including phenoxy) is 1. The average Bonchev–Trinajstić information content (AvgIpc) is 2.41. The molecule has 0 aliphatic carbocycles. The normalized spacial score (nSPS) is 10.1. The highest BCUT2D eigenvalue weighted by molar-refractivity contribution is 9.09. The first-order chi connectivity index (χ1) is 8.83. The molecule has 0 atom stereocenters. The Morgan fingerprint density at radius 3 is 2.56 bits per heavy atom. The number of nitrogens with one attached hydrogen (secondary N) is 1. The van der Waals surface area contributed by atoms with Gasteiger partial charge in [0.15, 0.2) is 6.61 Å². The highest BCUT2D eigenvalue weighted by Gasteiger charge is 2.01.